The van der Waals surface area contributed by atoms with E-state index < -0.39 is 29.3 Å². The Morgan fingerprint density at radius 2 is 1.94 bits per heavy atom. The van der Waals surface area contributed by atoms with Crippen molar-refractivity contribution in [2.45, 2.75) is 32.1 Å². The number of hydrogen-bond donors (Lipinski definition) is 2. The summed E-state index contributed by atoms with van der Waals surface area (Å²) < 4.78 is 43.4. The van der Waals surface area contributed by atoms with Crippen LogP contribution in [0.25, 0.3) is 10.2 Å². The number of carbonyl (C=O) groups excluding carboxylic acids is 1. The van der Waals surface area contributed by atoms with Crippen molar-refractivity contribution in [1.29, 1.82) is 0 Å². The molecule has 3 heterocycles. The van der Waals surface area contributed by atoms with Crippen LogP contribution in [-0.4, -0.2) is 30.5 Å². The number of benzene rings is 1. The number of amides is 1. The van der Waals surface area contributed by atoms with Crippen LogP contribution in [0.4, 0.5) is 24.5 Å². The number of rotatable bonds is 5. The van der Waals surface area contributed by atoms with Crippen molar-refractivity contribution in [2.24, 2.45) is 11.8 Å². The Morgan fingerprint density at radius 1 is 1.21 bits per heavy atom. The Balaban J connectivity index is 1.29. The van der Waals surface area contributed by atoms with Gasteiger partial charge in [-0.25, -0.2) is 18.2 Å². The van der Waals surface area contributed by atoms with E-state index in [0.717, 1.165) is 43.5 Å². The standard InChI is InChI=1S/C24H25F3N4OS/c1-12(8-29-23(32)22-21(28)17-5-15(25)9-30-24(17)33-22)16-6-19(27)20(7-18(16)26)31-10-13-2-3-14(4-13)11-31/h5-7,9,12-14H,2-4,8,10-11,28H2,1H3,(H,29,32)/t12-,13?,14?/m0/s1. The highest BCUT2D eigenvalue weighted by Crippen LogP contribution is 2.39. The molecule has 0 spiro atoms. The van der Waals surface area contributed by atoms with Crippen molar-refractivity contribution < 1.29 is 18.0 Å². The van der Waals surface area contributed by atoms with Gasteiger partial charge in [0.25, 0.3) is 5.91 Å². The van der Waals surface area contributed by atoms with E-state index in [0.29, 0.717) is 27.7 Å². The highest BCUT2D eigenvalue weighted by Gasteiger charge is 2.34. The summed E-state index contributed by atoms with van der Waals surface area (Å²) in [5, 5.41) is 3.11. The van der Waals surface area contributed by atoms with Gasteiger partial charge in [0.05, 0.1) is 17.6 Å². The van der Waals surface area contributed by atoms with Crippen LogP contribution in [0.1, 0.15) is 47.3 Å². The third kappa shape index (κ3) is 4.14. The number of nitrogen functional groups attached to an aromatic ring is 1. The monoisotopic (exact) mass is 474 g/mol. The number of carbonyl (C=O) groups is 1. The molecular formula is C24H25F3N4OS. The predicted molar refractivity (Wildman–Crippen MR) is 124 cm³/mol. The Morgan fingerprint density at radius 3 is 2.67 bits per heavy atom. The number of halogens is 3. The molecule has 0 radical (unpaired) electrons. The minimum absolute atomic E-state index is 0.0951. The van der Waals surface area contributed by atoms with Gasteiger partial charge in [-0.3, -0.25) is 4.79 Å². The summed E-state index contributed by atoms with van der Waals surface area (Å²) in [6, 6.07) is 3.78. The molecule has 9 heteroatoms. The average Bonchev–Trinajstić information content (AvgIpc) is 3.31. The van der Waals surface area contributed by atoms with Crippen molar-refractivity contribution in [3.05, 3.63) is 52.3 Å². The van der Waals surface area contributed by atoms with Crippen molar-refractivity contribution in [3.8, 4) is 0 Å². The first kappa shape index (κ1) is 22.0. The van der Waals surface area contributed by atoms with E-state index in [1.54, 1.807) is 6.92 Å². The van der Waals surface area contributed by atoms with Crippen molar-refractivity contribution in [1.82, 2.24) is 10.3 Å². The van der Waals surface area contributed by atoms with Crippen LogP contribution in [0.2, 0.25) is 0 Å². The lowest BCUT2D eigenvalue weighted by molar-refractivity contribution is 0.0956. The van der Waals surface area contributed by atoms with Crippen LogP contribution in [-0.2, 0) is 0 Å². The molecule has 2 unspecified atom stereocenters. The lowest BCUT2D eigenvalue weighted by atomic mass is 9.96. The fourth-order valence-corrected chi connectivity index (χ4v) is 6.12. The van der Waals surface area contributed by atoms with E-state index in [1.807, 2.05) is 4.90 Å². The lowest BCUT2D eigenvalue weighted by Gasteiger charge is -2.34. The zero-order chi connectivity index (χ0) is 23.3. The van der Waals surface area contributed by atoms with Crippen molar-refractivity contribution >= 4 is 38.8 Å². The number of nitrogens with two attached hydrogens (primary N) is 1. The molecule has 1 aliphatic heterocycles. The summed E-state index contributed by atoms with van der Waals surface area (Å²) in [6.07, 6.45) is 4.58. The van der Waals surface area contributed by atoms with Gasteiger partial charge in [0.15, 0.2) is 0 Å². The predicted octanol–water partition coefficient (Wildman–Crippen LogP) is 5.07. The Kier molecular flexibility index (Phi) is 5.68. The minimum atomic E-state index is -0.536. The van der Waals surface area contributed by atoms with Crippen LogP contribution in [0.3, 0.4) is 0 Å². The Labute approximate surface area is 193 Å². The summed E-state index contributed by atoms with van der Waals surface area (Å²) >= 11 is 1.06. The van der Waals surface area contributed by atoms with E-state index in [1.165, 1.54) is 24.6 Å². The molecule has 3 aromatic rings. The molecule has 33 heavy (non-hydrogen) atoms. The average molecular weight is 475 g/mol. The molecule has 5 nitrogen and oxygen atoms in total. The van der Waals surface area contributed by atoms with Gasteiger partial charge in [0.1, 0.15) is 27.2 Å². The lowest BCUT2D eigenvalue weighted by Crippen LogP contribution is -2.37. The second kappa shape index (κ2) is 8.52. The van der Waals surface area contributed by atoms with Gasteiger partial charge >= 0.3 is 0 Å². The highest BCUT2D eigenvalue weighted by molar-refractivity contribution is 7.21. The van der Waals surface area contributed by atoms with Crippen LogP contribution >= 0.6 is 11.3 Å². The molecule has 1 amide bonds. The number of nitrogens with zero attached hydrogens (tertiary/aromatic N) is 2. The minimum Gasteiger partial charge on any atom is -0.397 e. The maximum atomic E-state index is 15.0. The quantitative estimate of drug-likeness (QED) is 0.542. The van der Waals surface area contributed by atoms with Crippen LogP contribution in [0.15, 0.2) is 24.4 Å². The first-order valence-electron chi connectivity index (χ1n) is 11.2. The van der Waals surface area contributed by atoms with Gasteiger partial charge in [0.2, 0.25) is 0 Å². The molecule has 1 saturated heterocycles. The number of anilines is 2. The molecular weight excluding hydrogens is 449 g/mol. The number of nitrogens with one attached hydrogen (secondary N) is 1. The summed E-state index contributed by atoms with van der Waals surface area (Å²) in [7, 11) is 0. The SMILES string of the molecule is C[C@@H](CNC(=O)c1sc2ncc(F)cc2c1N)c1cc(F)c(N2CC3CCC(C3)C2)cc1F. The van der Waals surface area contributed by atoms with Gasteiger partial charge in [-0.1, -0.05) is 6.92 Å². The zero-order valence-electron chi connectivity index (χ0n) is 18.2. The van der Waals surface area contributed by atoms with Crippen LogP contribution in [0.5, 0.6) is 0 Å². The normalized spacial score (nSPS) is 20.9. The molecule has 1 aromatic carbocycles. The van der Waals surface area contributed by atoms with Crippen molar-refractivity contribution in [3.63, 3.8) is 0 Å². The topological polar surface area (TPSA) is 71.2 Å². The summed E-state index contributed by atoms with van der Waals surface area (Å²) in [6.45, 7) is 3.36. The number of aromatic nitrogens is 1. The number of pyridine rings is 1. The van der Waals surface area contributed by atoms with Crippen molar-refractivity contribution in [2.75, 3.05) is 30.3 Å². The van der Waals surface area contributed by atoms with E-state index in [9.17, 15) is 18.0 Å². The van der Waals surface area contributed by atoms with Gasteiger partial charge in [-0.2, -0.15) is 0 Å². The van der Waals surface area contributed by atoms with E-state index in [2.05, 4.69) is 10.3 Å². The van der Waals surface area contributed by atoms with Crippen LogP contribution < -0.4 is 16.0 Å². The molecule has 5 rings (SSSR count). The fourth-order valence-electron chi connectivity index (χ4n) is 5.16. The maximum Gasteiger partial charge on any atom is 0.263 e. The number of piperidine rings is 1. The molecule has 2 fully saturated rings. The second-order valence-electron chi connectivity index (χ2n) is 9.24. The molecule has 2 aliphatic rings. The zero-order valence-corrected chi connectivity index (χ0v) is 19.0. The van der Waals surface area contributed by atoms with E-state index >= 15 is 0 Å². The van der Waals surface area contributed by atoms with Gasteiger partial charge in [-0.15, -0.1) is 11.3 Å². The van der Waals surface area contributed by atoms with E-state index in [4.69, 9.17) is 5.73 Å². The van der Waals surface area contributed by atoms with Gasteiger partial charge < -0.3 is 16.0 Å². The molecule has 3 atom stereocenters. The van der Waals surface area contributed by atoms with E-state index in [-0.39, 0.29) is 22.7 Å². The number of fused-ring (bicyclic) bond motifs is 3. The highest BCUT2D eigenvalue weighted by atomic mass is 32.1. The second-order valence-corrected chi connectivity index (χ2v) is 10.2. The maximum absolute atomic E-state index is 15.0. The molecule has 3 N–H and O–H groups in total. The van der Waals surface area contributed by atoms with Crippen LogP contribution in [0, 0.1) is 29.3 Å². The molecule has 1 saturated carbocycles. The third-order valence-electron chi connectivity index (χ3n) is 6.87. The largest absolute Gasteiger partial charge is 0.397 e. The summed E-state index contributed by atoms with van der Waals surface area (Å²) in [5.41, 5.74) is 6.70. The third-order valence-corrected chi connectivity index (χ3v) is 8.00. The molecule has 174 valence electrons. The molecule has 2 aromatic heterocycles. The Hall–Kier alpha value is -2.81. The Bertz CT molecular complexity index is 1220. The van der Waals surface area contributed by atoms with Gasteiger partial charge in [-0.05, 0) is 48.8 Å². The molecule has 1 aliphatic carbocycles. The molecule has 2 bridgehead atoms. The summed E-state index contributed by atoms with van der Waals surface area (Å²) in [4.78, 5) is 19.3. The van der Waals surface area contributed by atoms with Gasteiger partial charge in [0, 0.05) is 37.0 Å². The smallest absolute Gasteiger partial charge is 0.263 e. The summed E-state index contributed by atoms with van der Waals surface area (Å²) in [5.74, 6) is -1.24. The number of thiophene rings is 1. The first-order chi connectivity index (χ1) is 15.8. The fraction of sp³-hybridized carbons (Fsp3) is 0.417. The first-order valence-corrected chi connectivity index (χ1v) is 12.0. The number of hydrogen-bond acceptors (Lipinski definition) is 5.